The van der Waals surface area contributed by atoms with Crippen LogP contribution in [0.2, 0.25) is 5.02 Å². The summed E-state index contributed by atoms with van der Waals surface area (Å²) in [4.78, 5) is 2.63. The molecule has 2 rings (SSSR count). The molecule has 1 aliphatic heterocycles. The van der Waals surface area contributed by atoms with Crippen LogP contribution in [0.3, 0.4) is 0 Å². The summed E-state index contributed by atoms with van der Waals surface area (Å²) in [7, 11) is 0. The summed E-state index contributed by atoms with van der Waals surface area (Å²) in [5, 5.41) is 4.33. The highest BCUT2D eigenvalue weighted by atomic mass is 35.5. The van der Waals surface area contributed by atoms with Crippen LogP contribution >= 0.6 is 24.0 Å². The molecular formula is C16H26Cl2N2. The standard InChI is InChI=1S/C16H25ClN2.ClH/c1-3-10-19(15-6-8-18-9-7-15)12-14-5-4-13(2)16(17)11-14;/h4-5,11,15,18H,3,6-10,12H2,1-2H3;1H. The largest absolute Gasteiger partial charge is 0.317 e. The van der Waals surface area contributed by atoms with Gasteiger partial charge >= 0.3 is 0 Å². The molecule has 4 heteroatoms. The van der Waals surface area contributed by atoms with Gasteiger partial charge in [0.2, 0.25) is 0 Å². The second-order valence-electron chi connectivity index (χ2n) is 5.54. The average Bonchev–Trinajstić information content (AvgIpc) is 2.43. The quantitative estimate of drug-likeness (QED) is 0.882. The first-order valence-electron chi connectivity index (χ1n) is 7.40. The number of nitrogens with zero attached hydrogens (tertiary/aromatic N) is 1. The Bertz CT molecular complexity index is 403. The normalized spacial score (nSPS) is 16.2. The lowest BCUT2D eigenvalue weighted by atomic mass is 10.0. The molecule has 0 saturated carbocycles. The van der Waals surface area contributed by atoms with Crippen LogP contribution in [0.4, 0.5) is 0 Å². The molecule has 1 saturated heterocycles. The van der Waals surface area contributed by atoms with Crippen molar-refractivity contribution in [1.82, 2.24) is 10.2 Å². The molecule has 0 unspecified atom stereocenters. The number of piperidine rings is 1. The fraction of sp³-hybridized carbons (Fsp3) is 0.625. The van der Waals surface area contributed by atoms with E-state index in [1.54, 1.807) is 0 Å². The molecule has 1 aliphatic rings. The summed E-state index contributed by atoms with van der Waals surface area (Å²) in [6, 6.07) is 7.19. The van der Waals surface area contributed by atoms with Gasteiger partial charge in [0.15, 0.2) is 0 Å². The Morgan fingerprint density at radius 3 is 2.60 bits per heavy atom. The molecule has 2 nitrogen and oxygen atoms in total. The molecule has 0 aliphatic carbocycles. The smallest absolute Gasteiger partial charge is 0.0438 e. The predicted molar refractivity (Wildman–Crippen MR) is 90.0 cm³/mol. The van der Waals surface area contributed by atoms with Crippen LogP contribution in [0.1, 0.15) is 37.3 Å². The van der Waals surface area contributed by atoms with Gasteiger partial charge in [0.1, 0.15) is 0 Å². The van der Waals surface area contributed by atoms with Gasteiger partial charge in [-0.25, -0.2) is 0 Å². The third kappa shape index (κ3) is 4.92. The van der Waals surface area contributed by atoms with Gasteiger partial charge in [-0.1, -0.05) is 30.7 Å². The molecule has 0 radical (unpaired) electrons. The van der Waals surface area contributed by atoms with E-state index in [4.69, 9.17) is 11.6 Å². The Morgan fingerprint density at radius 2 is 2.00 bits per heavy atom. The molecule has 1 N–H and O–H groups in total. The number of benzene rings is 1. The number of hydrogen-bond donors (Lipinski definition) is 1. The van der Waals surface area contributed by atoms with Crippen LogP contribution in [-0.2, 0) is 6.54 Å². The molecule has 20 heavy (non-hydrogen) atoms. The van der Waals surface area contributed by atoms with Gasteiger partial charge < -0.3 is 5.32 Å². The van der Waals surface area contributed by atoms with Crippen molar-refractivity contribution in [2.75, 3.05) is 19.6 Å². The van der Waals surface area contributed by atoms with E-state index in [1.807, 2.05) is 0 Å². The van der Waals surface area contributed by atoms with Crippen LogP contribution in [0.5, 0.6) is 0 Å². The summed E-state index contributed by atoms with van der Waals surface area (Å²) in [5.74, 6) is 0. The van der Waals surface area contributed by atoms with Crippen LogP contribution in [-0.4, -0.2) is 30.6 Å². The third-order valence-corrected chi connectivity index (χ3v) is 4.37. The lowest BCUT2D eigenvalue weighted by Gasteiger charge is -2.34. The van der Waals surface area contributed by atoms with Gasteiger partial charge in [-0.2, -0.15) is 0 Å². The van der Waals surface area contributed by atoms with E-state index in [2.05, 4.69) is 42.3 Å². The van der Waals surface area contributed by atoms with Crippen molar-refractivity contribution in [2.45, 2.75) is 45.7 Å². The second-order valence-corrected chi connectivity index (χ2v) is 5.94. The van der Waals surface area contributed by atoms with Crippen molar-refractivity contribution < 1.29 is 0 Å². The maximum atomic E-state index is 6.23. The van der Waals surface area contributed by atoms with E-state index < -0.39 is 0 Å². The lowest BCUT2D eigenvalue weighted by Crippen LogP contribution is -2.43. The van der Waals surface area contributed by atoms with Crippen LogP contribution in [0.25, 0.3) is 0 Å². The molecule has 0 aromatic heterocycles. The highest BCUT2D eigenvalue weighted by Crippen LogP contribution is 2.20. The van der Waals surface area contributed by atoms with E-state index in [-0.39, 0.29) is 12.4 Å². The first-order valence-corrected chi connectivity index (χ1v) is 7.78. The Labute approximate surface area is 134 Å². The maximum absolute atomic E-state index is 6.23. The molecule has 0 bridgehead atoms. The minimum atomic E-state index is 0. The summed E-state index contributed by atoms with van der Waals surface area (Å²) in [5.41, 5.74) is 2.50. The Balaban J connectivity index is 0.00000200. The fourth-order valence-corrected chi connectivity index (χ4v) is 3.02. The van der Waals surface area contributed by atoms with Crippen molar-refractivity contribution in [3.63, 3.8) is 0 Å². The number of aryl methyl sites for hydroxylation is 1. The highest BCUT2D eigenvalue weighted by molar-refractivity contribution is 6.31. The molecule has 0 amide bonds. The Hall–Kier alpha value is -0.280. The zero-order valence-corrected chi connectivity index (χ0v) is 14.1. The molecule has 114 valence electrons. The zero-order valence-electron chi connectivity index (χ0n) is 12.5. The number of rotatable bonds is 5. The van der Waals surface area contributed by atoms with Crippen LogP contribution < -0.4 is 5.32 Å². The van der Waals surface area contributed by atoms with E-state index in [9.17, 15) is 0 Å². The fourth-order valence-electron chi connectivity index (χ4n) is 2.82. The summed E-state index contributed by atoms with van der Waals surface area (Å²) in [6.45, 7) is 8.83. The summed E-state index contributed by atoms with van der Waals surface area (Å²) < 4.78 is 0. The Morgan fingerprint density at radius 1 is 1.30 bits per heavy atom. The minimum Gasteiger partial charge on any atom is -0.317 e. The van der Waals surface area contributed by atoms with Gasteiger partial charge in [0.05, 0.1) is 0 Å². The molecule has 1 aromatic carbocycles. The number of hydrogen-bond acceptors (Lipinski definition) is 2. The van der Waals surface area contributed by atoms with E-state index in [0.29, 0.717) is 0 Å². The molecule has 1 fully saturated rings. The topological polar surface area (TPSA) is 15.3 Å². The first-order chi connectivity index (χ1) is 9.20. The van der Waals surface area contributed by atoms with Crippen molar-refractivity contribution in [3.05, 3.63) is 34.3 Å². The third-order valence-electron chi connectivity index (χ3n) is 3.96. The van der Waals surface area contributed by atoms with Crippen LogP contribution in [0, 0.1) is 6.92 Å². The van der Waals surface area contributed by atoms with Gasteiger partial charge in [0.25, 0.3) is 0 Å². The van der Waals surface area contributed by atoms with Gasteiger partial charge in [0, 0.05) is 17.6 Å². The van der Waals surface area contributed by atoms with Gasteiger partial charge in [-0.3, -0.25) is 4.90 Å². The summed E-state index contributed by atoms with van der Waals surface area (Å²) >= 11 is 6.23. The molecule has 0 atom stereocenters. The molecule has 1 heterocycles. The minimum absolute atomic E-state index is 0. The van der Waals surface area contributed by atoms with E-state index in [0.717, 1.165) is 36.3 Å². The SMILES string of the molecule is CCCN(Cc1ccc(C)c(Cl)c1)C1CCNCC1.Cl. The second kappa shape index (κ2) is 8.89. The zero-order chi connectivity index (χ0) is 13.7. The van der Waals surface area contributed by atoms with Crippen molar-refractivity contribution in [3.8, 4) is 0 Å². The number of halogens is 2. The number of nitrogens with one attached hydrogen (secondary N) is 1. The average molecular weight is 317 g/mol. The molecule has 1 aromatic rings. The maximum Gasteiger partial charge on any atom is 0.0438 e. The van der Waals surface area contributed by atoms with Crippen LogP contribution in [0.15, 0.2) is 18.2 Å². The van der Waals surface area contributed by atoms with E-state index >= 15 is 0 Å². The monoisotopic (exact) mass is 316 g/mol. The van der Waals surface area contributed by atoms with Gasteiger partial charge in [-0.05, 0) is 63.0 Å². The molecule has 0 spiro atoms. The first kappa shape index (κ1) is 17.8. The lowest BCUT2D eigenvalue weighted by molar-refractivity contribution is 0.154. The highest BCUT2D eigenvalue weighted by Gasteiger charge is 2.20. The van der Waals surface area contributed by atoms with Gasteiger partial charge in [-0.15, -0.1) is 12.4 Å². The van der Waals surface area contributed by atoms with E-state index in [1.165, 1.54) is 31.4 Å². The predicted octanol–water partition coefficient (Wildman–Crippen LogP) is 4.03. The van der Waals surface area contributed by atoms with Crippen molar-refractivity contribution in [2.24, 2.45) is 0 Å². The summed E-state index contributed by atoms with van der Waals surface area (Å²) in [6.07, 6.45) is 3.74. The Kier molecular flexibility index (Phi) is 7.90. The van der Waals surface area contributed by atoms with Crippen molar-refractivity contribution in [1.29, 1.82) is 0 Å². The van der Waals surface area contributed by atoms with Crippen molar-refractivity contribution >= 4 is 24.0 Å². The molecular weight excluding hydrogens is 291 g/mol.